The van der Waals surface area contributed by atoms with Crippen LogP contribution in [0.15, 0.2) is 23.2 Å². The fraction of sp³-hybridized carbons (Fsp3) is 0.600. The van der Waals surface area contributed by atoms with Crippen LogP contribution in [0.1, 0.15) is 31.4 Å². The topological polar surface area (TPSA) is 84.0 Å². The van der Waals surface area contributed by atoms with Gasteiger partial charge in [0.2, 0.25) is 5.91 Å². The number of hydrogen-bond donors (Lipinski definition) is 3. The van der Waals surface area contributed by atoms with Crippen LogP contribution in [-0.2, 0) is 16.1 Å². The molecule has 8 heteroatoms. The summed E-state index contributed by atoms with van der Waals surface area (Å²) in [6.07, 6.45) is 1.05. The fourth-order valence-corrected chi connectivity index (χ4v) is 2.78. The third-order valence-corrected chi connectivity index (χ3v) is 4.26. The first-order valence-corrected chi connectivity index (χ1v) is 9.71. The number of carbonyl (C=O) groups is 1. The molecule has 1 aliphatic heterocycles. The van der Waals surface area contributed by atoms with Gasteiger partial charge in [-0.05, 0) is 38.8 Å². The Morgan fingerprint density at radius 3 is 2.71 bits per heavy atom. The number of carbonyl (C=O) groups excluding carboxylic acids is 1. The molecule has 3 N–H and O–H groups in total. The van der Waals surface area contributed by atoms with Crippen molar-refractivity contribution in [1.82, 2.24) is 16.0 Å². The molecule has 1 saturated heterocycles. The number of hydrogen-bond acceptors (Lipinski definition) is 4. The minimum absolute atomic E-state index is 0. The Balaban J connectivity index is 0.00000392. The monoisotopic (exact) mass is 504 g/mol. The number of likely N-dealkylation sites (N-methyl/N-ethyl adjacent to an activating group) is 1. The summed E-state index contributed by atoms with van der Waals surface area (Å²) in [5.41, 5.74) is 2.18. The molecule has 2 rings (SSSR count). The van der Waals surface area contributed by atoms with Crippen LogP contribution >= 0.6 is 24.0 Å². The largest absolute Gasteiger partial charge is 0.493 e. The number of aryl methyl sites for hydroxylation is 1. The third kappa shape index (κ3) is 8.64. The Morgan fingerprint density at radius 1 is 1.25 bits per heavy atom. The van der Waals surface area contributed by atoms with Gasteiger partial charge < -0.3 is 25.4 Å². The fourth-order valence-electron chi connectivity index (χ4n) is 2.78. The lowest BCUT2D eigenvalue weighted by Gasteiger charge is -2.15. The molecular weight excluding hydrogens is 471 g/mol. The molecule has 0 bridgehead atoms. The molecule has 1 aliphatic rings. The maximum Gasteiger partial charge on any atom is 0.239 e. The molecule has 0 spiro atoms. The lowest BCUT2D eigenvalue weighted by molar-refractivity contribution is -0.119. The van der Waals surface area contributed by atoms with Crippen LogP contribution in [0.25, 0.3) is 0 Å². The predicted octanol–water partition coefficient (Wildman–Crippen LogP) is 2.22. The van der Waals surface area contributed by atoms with Gasteiger partial charge in [-0.15, -0.1) is 24.0 Å². The summed E-state index contributed by atoms with van der Waals surface area (Å²) in [4.78, 5) is 16.2. The second-order valence-electron chi connectivity index (χ2n) is 6.65. The predicted molar refractivity (Wildman–Crippen MR) is 123 cm³/mol. The highest BCUT2D eigenvalue weighted by Crippen LogP contribution is 2.23. The van der Waals surface area contributed by atoms with Crippen LogP contribution < -0.4 is 20.7 Å². The molecule has 28 heavy (non-hydrogen) atoms. The maximum absolute atomic E-state index is 11.6. The smallest absolute Gasteiger partial charge is 0.239 e. The van der Waals surface area contributed by atoms with Gasteiger partial charge >= 0.3 is 0 Å². The molecule has 1 atom stereocenters. The van der Waals surface area contributed by atoms with Gasteiger partial charge in [0.05, 0.1) is 26.3 Å². The van der Waals surface area contributed by atoms with Crippen molar-refractivity contribution in [3.8, 4) is 5.75 Å². The van der Waals surface area contributed by atoms with Crippen molar-refractivity contribution in [2.75, 3.05) is 39.5 Å². The minimum Gasteiger partial charge on any atom is -0.493 e. The maximum atomic E-state index is 11.6. The molecule has 0 aromatic heterocycles. The van der Waals surface area contributed by atoms with E-state index in [-0.39, 0.29) is 36.4 Å². The standard InChI is InChI=1S/C20H32N4O3.HI/c1-4-21-19(25)12-24-20(22-5-2)23-11-17-7-6-15(3)10-18(17)27-14-16-8-9-26-13-16;/h6-7,10,16H,4-5,8-9,11-14H2,1-3H3,(H,21,25)(H2,22,23,24);1H. The quantitative estimate of drug-likeness (QED) is 0.273. The average molecular weight is 504 g/mol. The summed E-state index contributed by atoms with van der Waals surface area (Å²) in [7, 11) is 0. The summed E-state index contributed by atoms with van der Waals surface area (Å²) in [6, 6.07) is 6.16. The SMILES string of the molecule is CCNC(=O)CNC(=NCc1ccc(C)cc1OCC1CCOC1)NCC.I. The van der Waals surface area contributed by atoms with Crippen molar-refractivity contribution in [3.63, 3.8) is 0 Å². The molecular formula is C20H33IN4O3. The highest BCUT2D eigenvalue weighted by Gasteiger charge is 2.17. The zero-order valence-corrected chi connectivity index (χ0v) is 19.4. The van der Waals surface area contributed by atoms with E-state index in [0.29, 0.717) is 31.6 Å². The zero-order chi connectivity index (χ0) is 19.5. The summed E-state index contributed by atoms with van der Waals surface area (Å²) < 4.78 is 11.5. The van der Waals surface area contributed by atoms with Gasteiger partial charge in [-0.25, -0.2) is 4.99 Å². The van der Waals surface area contributed by atoms with E-state index >= 15 is 0 Å². The van der Waals surface area contributed by atoms with E-state index in [4.69, 9.17) is 9.47 Å². The Hall–Kier alpha value is -1.55. The van der Waals surface area contributed by atoms with Gasteiger partial charge in [-0.1, -0.05) is 12.1 Å². The first-order chi connectivity index (χ1) is 13.1. The van der Waals surface area contributed by atoms with Gasteiger partial charge in [0.1, 0.15) is 5.75 Å². The van der Waals surface area contributed by atoms with Crippen molar-refractivity contribution in [3.05, 3.63) is 29.3 Å². The number of nitrogens with zero attached hydrogens (tertiary/aromatic N) is 1. The number of nitrogens with one attached hydrogen (secondary N) is 3. The highest BCUT2D eigenvalue weighted by molar-refractivity contribution is 14.0. The third-order valence-electron chi connectivity index (χ3n) is 4.26. The van der Waals surface area contributed by atoms with Crippen molar-refractivity contribution in [1.29, 1.82) is 0 Å². The number of rotatable bonds is 9. The summed E-state index contributed by atoms with van der Waals surface area (Å²) >= 11 is 0. The van der Waals surface area contributed by atoms with Gasteiger partial charge in [-0.3, -0.25) is 4.79 Å². The first kappa shape index (κ1) is 24.5. The summed E-state index contributed by atoms with van der Waals surface area (Å²) in [5.74, 6) is 1.88. The van der Waals surface area contributed by atoms with E-state index in [0.717, 1.165) is 43.1 Å². The molecule has 0 radical (unpaired) electrons. The van der Waals surface area contributed by atoms with Gasteiger partial charge in [-0.2, -0.15) is 0 Å². The van der Waals surface area contributed by atoms with Crippen molar-refractivity contribution >= 4 is 35.8 Å². The normalized spacial score (nSPS) is 16.2. The molecule has 7 nitrogen and oxygen atoms in total. The number of benzene rings is 1. The Bertz CT molecular complexity index is 634. The molecule has 1 amide bonds. The van der Waals surface area contributed by atoms with Crippen LogP contribution in [0.3, 0.4) is 0 Å². The van der Waals surface area contributed by atoms with Crippen molar-refractivity contribution < 1.29 is 14.3 Å². The van der Waals surface area contributed by atoms with E-state index in [1.807, 2.05) is 19.9 Å². The minimum atomic E-state index is -0.0544. The zero-order valence-electron chi connectivity index (χ0n) is 17.0. The Morgan fingerprint density at radius 2 is 2.04 bits per heavy atom. The van der Waals surface area contributed by atoms with Crippen LogP contribution in [0.2, 0.25) is 0 Å². The second-order valence-corrected chi connectivity index (χ2v) is 6.65. The number of aliphatic imine (C=N–C) groups is 1. The van der Waals surface area contributed by atoms with E-state index in [1.165, 1.54) is 0 Å². The molecule has 1 aromatic rings. The van der Waals surface area contributed by atoms with Crippen molar-refractivity contribution in [2.45, 2.75) is 33.7 Å². The molecule has 1 aromatic carbocycles. The molecule has 158 valence electrons. The highest BCUT2D eigenvalue weighted by atomic mass is 127. The summed E-state index contributed by atoms with van der Waals surface area (Å²) in [5, 5.41) is 8.97. The molecule has 1 heterocycles. The Kier molecular flexibility index (Phi) is 11.9. The van der Waals surface area contributed by atoms with Gasteiger partial charge in [0.15, 0.2) is 5.96 Å². The molecule has 0 aliphatic carbocycles. The lowest BCUT2D eigenvalue weighted by Crippen LogP contribution is -2.43. The average Bonchev–Trinajstić information content (AvgIpc) is 3.17. The van der Waals surface area contributed by atoms with Crippen molar-refractivity contribution in [2.24, 2.45) is 10.9 Å². The molecule has 0 saturated carbocycles. The number of halogens is 1. The second kappa shape index (κ2) is 13.6. The first-order valence-electron chi connectivity index (χ1n) is 9.71. The van der Waals surface area contributed by atoms with E-state index in [9.17, 15) is 4.79 Å². The van der Waals surface area contributed by atoms with E-state index in [2.05, 4.69) is 40.0 Å². The van der Waals surface area contributed by atoms with Crippen LogP contribution in [0.4, 0.5) is 0 Å². The number of amides is 1. The van der Waals surface area contributed by atoms with E-state index in [1.54, 1.807) is 0 Å². The van der Waals surface area contributed by atoms with Crippen LogP contribution in [0, 0.1) is 12.8 Å². The number of ether oxygens (including phenoxy) is 2. The van der Waals surface area contributed by atoms with Gasteiger partial charge in [0, 0.05) is 31.2 Å². The lowest BCUT2D eigenvalue weighted by atomic mass is 10.1. The molecule has 1 unspecified atom stereocenters. The van der Waals surface area contributed by atoms with Gasteiger partial charge in [0.25, 0.3) is 0 Å². The Labute approximate surface area is 185 Å². The molecule has 1 fully saturated rings. The number of guanidine groups is 1. The van der Waals surface area contributed by atoms with Crippen LogP contribution in [0.5, 0.6) is 5.75 Å². The summed E-state index contributed by atoms with van der Waals surface area (Å²) in [6.45, 7) is 10.2. The van der Waals surface area contributed by atoms with E-state index < -0.39 is 0 Å². The van der Waals surface area contributed by atoms with Crippen LogP contribution in [-0.4, -0.2) is 51.3 Å².